The Hall–Kier alpha value is -1.71. The van der Waals surface area contributed by atoms with E-state index in [0.29, 0.717) is 30.5 Å². The first kappa shape index (κ1) is 14.7. The first-order valence-corrected chi connectivity index (χ1v) is 7.15. The Morgan fingerprint density at radius 3 is 2.75 bits per heavy atom. The third-order valence-electron chi connectivity index (χ3n) is 3.62. The lowest BCUT2D eigenvalue weighted by molar-refractivity contribution is -0.127. The van der Waals surface area contributed by atoms with Crippen molar-refractivity contribution in [1.82, 2.24) is 0 Å². The predicted octanol–water partition coefficient (Wildman–Crippen LogP) is 3.07. The van der Waals surface area contributed by atoms with Crippen LogP contribution in [0.3, 0.4) is 0 Å². The van der Waals surface area contributed by atoms with E-state index in [0.717, 1.165) is 12.1 Å². The monoisotopic (exact) mass is 276 g/mol. The maximum Gasteiger partial charge on any atom is 0.236 e. The Labute approximate surface area is 120 Å². The number of rotatable bonds is 3. The molecule has 0 fully saturated rings. The van der Waals surface area contributed by atoms with Crippen LogP contribution in [0.2, 0.25) is 0 Å². The summed E-state index contributed by atoms with van der Waals surface area (Å²) in [6, 6.07) is 5.49. The van der Waals surface area contributed by atoms with Crippen LogP contribution in [0.25, 0.3) is 0 Å². The normalized spacial score (nSPS) is 17.6. The molecule has 1 amide bonds. The van der Waals surface area contributed by atoms with Crippen molar-refractivity contribution in [3.05, 3.63) is 18.2 Å². The van der Waals surface area contributed by atoms with E-state index in [-0.39, 0.29) is 5.91 Å². The predicted molar refractivity (Wildman–Crippen MR) is 81.9 cm³/mol. The van der Waals surface area contributed by atoms with E-state index >= 15 is 0 Å². The van der Waals surface area contributed by atoms with E-state index < -0.39 is 5.41 Å². The molecule has 0 saturated heterocycles. The van der Waals surface area contributed by atoms with Gasteiger partial charge in [0.25, 0.3) is 0 Å². The second kappa shape index (κ2) is 5.35. The fraction of sp³-hybridized carbons (Fsp3) is 0.562. The van der Waals surface area contributed by atoms with Gasteiger partial charge in [-0.15, -0.1) is 0 Å². The highest BCUT2D eigenvalue weighted by atomic mass is 16.5. The molecule has 4 heteroatoms. The average Bonchev–Trinajstić information content (AvgIpc) is 2.45. The van der Waals surface area contributed by atoms with E-state index in [1.165, 1.54) is 0 Å². The van der Waals surface area contributed by atoms with Gasteiger partial charge < -0.3 is 15.4 Å². The Balaban J connectivity index is 2.40. The molecule has 0 spiro atoms. The molecule has 0 bridgehead atoms. The SMILES string of the molecule is CC(C)CCN1C(=O)C(C)(C)COc2cc(N)ccc21. The van der Waals surface area contributed by atoms with Gasteiger partial charge >= 0.3 is 0 Å². The second-order valence-corrected chi connectivity index (χ2v) is 6.54. The molecule has 20 heavy (non-hydrogen) atoms. The van der Waals surface area contributed by atoms with E-state index in [9.17, 15) is 4.79 Å². The number of anilines is 2. The van der Waals surface area contributed by atoms with Crippen LogP contribution in [-0.4, -0.2) is 19.1 Å². The fourth-order valence-electron chi connectivity index (χ4n) is 2.27. The largest absolute Gasteiger partial charge is 0.490 e. The molecular formula is C16H24N2O2. The molecule has 0 radical (unpaired) electrons. The quantitative estimate of drug-likeness (QED) is 0.863. The van der Waals surface area contributed by atoms with E-state index in [1.54, 1.807) is 6.07 Å². The molecule has 0 unspecified atom stereocenters. The van der Waals surface area contributed by atoms with Gasteiger partial charge in [-0.2, -0.15) is 0 Å². The highest BCUT2D eigenvalue weighted by molar-refractivity contribution is 5.99. The summed E-state index contributed by atoms with van der Waals surface area (Å²) >= 11 is 0. The number of carbonyl (C=O) groups is 1. The summed E-state index contributed by atoms with van der Waals surface area (Å²) in [4.78, 5) is 14.6. The number of carbonyl (C=O) groups excluding carboxylic acids is 1. The van der Waals surface area contributed by atoms with Crippen LogP contribution in [0.1, 0.15) is 34.1 Å². The number of hydrogen-bond donors (Lipinski definition) is 1. The zero-order valence-corrected chi connectivity index (χ0v) is 12.8. The van der Waals surface area contributed by atoms with Crippen LogP contribution in [0, 0.1) is 11.3 Å². The fourth-order valence-corrected chi connectivity index (χ4v) is 2.27. The Kier molecular flexibility index (Phi) is 3.93. The molecule has 2 rings (SSSR count). The van der Waals surface area contributed by atoms with Crippen molar-refractivity contribution in [2.75, 3.05) is 23.8 Å². The van der Waals surface area contributed by atoms with Gasteiger partial charge in [0, 0.05) is 18.3 Å². The lowest BCUT2D eigenvalue weighted by atomic mass is 9.92. The first-order chi connectivity index (χ1) is 9.31. The molecule has 1 aliphatic rings. The number of hydrogen-bond acceptors (Lipinski definition) is 3. The molecule has 1 aromatic carbocycles. The number of fused-ring (bicyclic) bond motifs is 1. The van der Waals surface area contributed by atoms with Gasteiger partial charge in [0.2, 0.25) is 5.91 Å². The summed E-state index contributed by atoms with van der Waals surface area (Å²) in [7, 11) is 0. The molecule has 1 aliphatic heterocycles. The van der Waals surface area contributed by atoms with Crippen LogP contribution < -0.4 is 15.4 Å². The average molecular weight is 276 g/mol. The highest BCUT2D eigenvalue weighted by Crippen LogP contribution is 2.37. The van der Waals surface area contributed by atoms with Gasteiger partial charge in [-0.05, 0) is 38.3 Å². The van der Waals surface area contributed by atoms with Crippen LogP contribution in [0.5, 0.6) is 5.75 Å². The first-order valence-electron chi connectivity index (χ1n) is 7.15. The van der Waals surface area contributed by atoms with Gasteiger partial charge in [-0.25, -0.2) is 0 Å². The van der Waals surface area contributed by atoms with Crippen molar-refractivity contribution in [2.45, 2.75) is 34.1 Å². The molecule has 0 aromatic heterocycles. The van der Waals surface area contributed by atoms with Gasteiger partial charge in [0.1, 0.15) is 12.4 Å². The number of nitrogens with zero attached hydrogens (tertiary/aromatic N) is 1. The maximum atomic E-state index is 12.7. The number of ether oxygens (including phenoxy) is 1. The third-order valence-corrected chi connectivity index (χ3v) is 3.62. The summed E-state index contributed by atoms with van der Waals surface area (Å²) in [6.07, 6.45) is 0.964. The summed E-state index contributed by atoms with van der Waals surface area (Å²) in [5.74, 6) is 1.36. The number of amides is 1. The van der Waals surface area contributed by atoms with Gasteiger partial charge in [-0.1, -0.05) is 13.8 Å². The van der Waals surface area contributed by atoms with Crippen molar-refractivity contribution >= 4 is 17.3 Å². The molecule has 110 valence electrons. The number of nitrogens with two attached hydrogens (primary N) is 1. The van der Waals surface area contributed by atoms with Crippen LogP contribution in [-0.2, 0) is 4.79 Å². The minimum absolute atomic E-state index is 0.113. The Morgan fingerprint density at radius 1 is 1.40 bits per heavy atom. The van der Waals surface area contributed by atoms with E-state index in [4.69, 9.17) is 10.5 Å². The topological polar surface area (TPSA) is 55.6 Å². The van der Waals surface area contributed by atoms with Gasteiger partial charge in [0.05, 0.1) is 11.1 Å². The van der Waals surface area contributed by atoms with Gasteiger partial charge in [-0.3, -0.25) is 4.79 Å². The standard InChI is InChI=1S/C16H24N2O2/c1-11(2)7-8-18-13-6-5-12(17)9-14(13)20-10-16(3,4)15(18)19/h5-6,9,11H,7-8,10,17H2,1-4H3. The van der Waals surface area contributed by atoms with Gasteiger partial charge in [0.15, 0.2) is 0 Å². The van der Waals surface area contributed by atoms with Crippen molar-refractivity contribution in [3.8, 4) is 5.75 Å². The van der Waals surface area contributed by atoms with Crippen LogP contribution in [0.15, 0.2) is 18.2 Å². The molecule has 0 atom stereocenters. The second-order valence-electron chi connectivity index (χ2n) is 6.54. The third kappa shape index (κ3) is 2.89. The molecule has 4 nitrogen and oxygen atoms in total. The molecular weight excluding hydrogens is 252 g/mol. The van der Waals surface area contributed by atoms with Crippen molar-refractivity contribution in [2.24, 2.45) is 11.3 Å². The zero-order chi connectivity index (χ0) is 14.9. The van der Waals surface area contributed by atoms with Crippen molar-refractivity contribution in [3.63, 3.8) is 0 Å². The number of nitrogen functional groups attached to an aromatic ring is 1. The maximum absolute atomic E-state index is 12.7. The zero-order valence-electron chi connectivity index (χ0n) is 12.8. The minimum atomic E-state index is -0.523. The highest BCUT2D eigenvalue weighted by Gasteiger charge is 2.37. The van der Waals surface area contributed by atoms with Crippen LogP contribution in [0.4, 0.5) is 11.4 Å². The van der Waals surface area contributed by atoms with Crippen LogP contribution >= 0.6 is 0 Å². The molecule has 1 heterocycles. The molecule has 0 aliphatic carbocycles. The Bertz CT molecular complexity index is 509. The minimum Gasteiger partial charge on any atom is -0.490 e. The van der Waals surface area contributed by atoms with E-state index in [2.05, 4.69) is 13.8 Å². The smallest absolute Gasteiger partial charge is 0.236 e. The molecule has 1 aromatic rings. The summed E-state index contributed by atoms with van der Waals surface area (Å²) < 4.78 is 5.81. The molecule has 2 N–H and O–H groups in total. The van der Waals surface area contributed by atoms with Crippen molar-refractivity contribution < 1.29 is 9.53 Å². The summed E-state index contributed by atoms with van der Waals surface area (Å²) in [5.41, 5.74) is 6.78. The van der Waals surface area contributed by atoms with E-state index in [1.807, 2.05) is 30.9 Å². The molecule has 0 saturated carbocycles. The number of benzene rings is 1. The lowest BCUT2D eigenvalue weighted by Crippen LogP contribution is -2.42. The Morgan fingerprint density at radius 2 is 2.10 bits per heavy atom. The lowest BCUT2D eigenvalue weighted by Gasteiger charge is -2.28. The summed E-state index contributed by atoms with van der Waals surface area (Å²) in [6.45, 7) is 9.25. The van der Waals surface area contributed by atoms with Crippen molar-refractivity contribution in [1.29, 1.82) is 0 Å². The summed E-state index contributed by atoms with van der Waals surface area (Å²) in [5, 5.41) is 0.